The number of methoxy groups -OCH3 is 1. The molecular formula is C15H17Cl2N3O. The van der Waals surface area contributed by atoms with Gasteiger partial charge in [-0.05, 0) is 42.8 Å². The van der Waals surface area contributed by atoms with Gasteiger partial charge in [0.1, 0.15) is 22.9 Å². The van der Waals surface area contributed by atoms with Crippen molar-refractivity contribution in [3.05, 3.63) is 48.2 Å². The summed E-state index contributed by atoms with van der Waals surface area (Å²) in [5.41, 5.74) is 9.97. The highest BCUT2D eigenvalue weighted by atomic mass is 35.5. The lowest BCUT2D eigenvalue weighted by Crippen LogP contribution is -1.94. The molecule has 0 radical (unpaired) electrons. The van der Waals surface area contributed by atoms with E-state index >= 15 is 0 Å². The zero-order valence-corrected chi connectivity index (χ0v) is 13.4. The lowest BCUT2D eigenvalue weighted by atomic mass is 10.1. The van der Waals surface area contributed by atoms with Crippen LogP contribution < -0.4 is 10.5 Å². The van der Waals surface area contributed by atoms with Gasteiger partial charge in [-0.3, -0.25) is 4.40 Å². The van der Waals surface area contributed by atoms with Crippen LogP contribution >= 0.6 is 24.8 Å². The maximum Gasteiger partial charge on any atom is 0.142 e. The van der Waals surface area contributed by atoms with Crippen LogP contribution in [-0.4, -0.2) is 16.5 Å². The van der Waals surface area contributed by atoms with Crippen LogP contribution in [0.4, 0.5) is 5.82 Å². The summed E-state index contributed by atoms with van der Waals surface area (Å²) in [5, 5.41) is 0. The van der Waals surface area contributed by atoms with Crippen LogP contribution in [0.5, 0.6) is 5.75 Å². The molecule has 0 unspecified atom stereocenters. The summed E-state index contributed by atoms with van der Waals surface area (Å²) >= 11 is 0. The van der Waals surface area contributed by atoms with Crippen molar-refractivity contribution >= 4 is 36.3 Å². The highest BCUT2D eigenvalue weighted by molar-refractivity contribution is 5.85. The molecule has 4 nitrogen and oxygen atoms in total. The van der Waals surface area contributed by atoms with E-state index in [1.807, 2.05) is 53.9 Å². The van der Waals surface area contributed by atoms with Crippen molar-refractivity contribution in [3.8, 4) is 17.0 Å². The van der Waals surface area contributed by atoms with Gasteiger partial charge in [0.05, 0.1) is 7.11 Å². The van der Waals surface area contributed by atoms with Gasteiger partial charge in [0.15, 0.2) is 0 Å². The normalized spacial score (nSPS) is 9.81. The van der Waals surface area contributed by atoms with E-state index in [1.165, 1.54) is 0 Å². The lowest BCUT2D eigenvalue weighted by Gasteiger charge is -2.02. The molecule has 2 aromatic heterocycles. The summed E-state index contributed by atoms with van der Waals surface area (Å²) in [6.07, 6.45) is 1.93. The molecule has 0 amide bonds. The van der Waals surface area contributed by atoms with Gasteiger partial charge in [-0.25, -0.2) is 4.98 Å². The van der Waals surface area contributed by atoms with Gasteiger partial charge in [0.2, 0.25) is 0 Å². The number of benzene rings is 1. The number of fused-ring (bicyclic) bond motifs is 1. The molecule has 6 heteroatoms. The van der Waals surface area contributed by atoms with Crippen molar-refractivity contribution in [3.63, 3.8) is 0 Å². The molecule has 0 aliphatic heterocycles. The number of aryl methyl sites for hydroxylation is 1. The topological polar surface area (TPSA) is 52.5 Å². The minimum absolute atomic E-state index is 0. The molecule has 2 heterocycles. The molecule has 0 saturated heterocycles. The van der Waals surface area contributed by atoms with Crippen LogP contribution in [0.3, 0.4) is 0 Å². The quantitative estimate of drug-likeness (QED) is 0.780. The highest BCUT2D eigenvalue weighted by Crippen LogP contribution is 2.28. The van der Waals surface area contributed by atoms with Crippen LogP contribution in [0.1, 0.15) is 5.56 Å². The third kappa shape index (κ3) is 2.91. The first-order valence-electron chi connectivity index (χ1n) is 6.08. The summed E-state index contributed by atoms with van der Waals surface area (Å²) in [5.74, 6) is 1.48. The smallest absolute Gasteiger partial charge is 0.142 e. The summed E-state index contributed by atoms with van der Waals surface area (Å²) in [6.45, 7) is 2.03. The predicted octanol–water partition coefficient (Wildman–Crippen LogP) is 3.74. The first kappa shape index (κ1) is 17.1. The number of rotatable bonds is 2. The zero-order chi connectivity index (χ0) is 13.4. The number of nitrogens with zero attached hydrogens (tertiary/aromatic N) is 2. The van der Waals surface area contributed by atoms with E-state index in [-0.39, 0.29) is 24.8 Å². The number of anilines is 1. The molecule has 21 heavy (non-hydrogen) atoms. The standard InChI is InChI=1S/C15H15N3O.2ClH/c1-10-4-3-9-18-14(16)13(17-15(10)18)11-5-7-12(19-2)8-6-11;;/h3-9H,16H2,1-2H3;2*1H. The summed E-state index contributed by atoms with van der Waals surface area (Å²) < 4.78 is 7.07. The Morgan fingerprint density at radius 2 is 1.76 bits per heavy atom. The van der Waals surface area contributed by atoms with Crippen LogP contribution in [0.15, 0.2) is 42.6 Å². The van der Waals surface area contributed by atoms with Gasteiger partial charge in [-0.1, -0.05) is 6.07 Å². The Hall–Kier alpha value is -1.91. The first-order valence-corrected chi connectivity index (χ1v) is 6.08. The Labute approximate surface area is 135 Å². The number of halogens is 2. The number of nitrogens with two attached hydrogens (primary N) is 1. The molecule has 3 rings (SSSR count). The van der Waals surface area contributed by atoms with E-state index in [2.05, 4.69) is 4.98 Å². The first-order chi connectivity index (χ1) is 9.20. The summed E-state index contributed by atoms with van der Waals surface area (Å²) in [6, 6.07) is 11.7. The monoisotopic (exact) mass is 325 g/mol. The Kier molecular flexibility index (Phi) is 5.47. The Bertz CT molecular complexity index is 739. The van der Waals surface area contributed by atoms with E-state index in [9.17, 15) is 0 Å². The van der Waals surface area contributed by atoms with E-state index in [0.717, 1.165) is 28.2 Å². The number of pyridine rings is 1. The van der Waals surface area contributed by atoms with Crippen LogP contribution in [0.2, 0.25) is 0 Å². The van der Waals surface area contributed by atoms with Gasteiger partial charge in [-0.15, -0.1) is 24.8 Å². The average Bonchev–Trinajstić information content (AvgIpc) is 2.78. The number of imidazole rings is 1. The van der Waals surface area contributed by atoms with Crippen LogP contribution in [0, 0.1) is 6.92 Å². The van der Waals surface area contributed by atoms with Gasteiger partial charge in [-0.2, -0.15) is 0 Å². The molecule has 1 aromatic carbocycles. The lowest BCUT2D eigenvalue weighted by molar-refractivity contribution is 0.415. The van der Waals surface area contributed by atoms with E-state index in [1.54, 1.807) is 7.11 Å². The van der Waals surface area contributed by atoms with Crippen molar-refractivity contribution < 1.29 is 4.74 Å². The average molecular weight is 326 g/mol. The molecule has 0 spiro atoms. The number of hydrogen-bond donors (Lipinski definition) is 1. The third-order valence-electron chi connectivity index (χ3n) is 3.25. The predicted molar refractivity (Wildman–Crippen MR) is 90.8 cm³/mol. The van der Waals surface area contributed by atoms with Crippen LogP contribution in [0.25, 0.3) is 16.9 Å². The van der Waals surface area contributed by atoms with Crippen molar-refractivity contribution in [2.24, 2.45) is 0 Å². The largest absolute Gasteiger partial charge is 0.497 e. The fourth-order valence-corrected chi connectivity index (χ4v) is 2.18. The van der Waals surface area contributed by atoms with Crippen molar-refractivity contribution in [1.82, 2.24) is 9.38 Å². The number of nitrogen functional groups attached to an aromatic ring is 1. The molecule has 0 aliphatic rings. The summed E-state index contributed by atoms with van der Waals surface area (Å²) in [4.78, 5) is 4.63. The Morgan fingerprint density at radius 3 is 2.33 bits per heavy atom. The van der Waals surface area contributed by atoms with E-state index in [4.69, 9.17) is 10.5 Å². The van der Waals surface area contributed by atoms with Gasteiger partial charge >= 0.3 is 0 Å². The molecule has 2 N–H and O–H groups in total. The molecule has 0 bridgehead atoms. The molecule has 112 valence electrons. The molecule has 0 atom stereocenters. The molecule has 3 aromatic rings. The molecule has 0 aliphatic carbocycles. The maximum atomic E-state index is 6.18. The molecular weight excluding hydrogens is 309 g/mol. The molecule has 0 saturated carbocycles. The minimum Gasteiger partial charge on any atom is -0.497 e. The maximum absolute atomic E-state index is 6.18. The zero-order valence-electron chi connectivity index (χ0n) is 11.7. The fraction of sp³-hybridized carbons (Fsp3) is 0.133. The van der Waals surface area contributed by atoms with Crippen molar-refractivity contribution in [1.29, 1.82) is 0 Å². The Morgan fingerprint density at radius 1 is 1.10 bits per heavy atom. The van der Waals surface area contributed by atoms with Gasteiger partial charge in [0.25, 0.3) is 0 Å². The van der Waals surface area contributed by atoms with Gasteiger partial charge in [0, 0.05) is 11.8 Å². The van der Waals surface area contributed by atoms with Gasteiger partial charge < -0.3 is 10.5 Å². The second kappa shape index (κ2) is 6.70. The second-order valence-corrected chi connectivity index (χ2v) is 4.46. The Balaban J connectivity index is 0.00000110. The van der Waals surface area contributed by atoms with Crippen molar-refractivity contribution in [2.75, 3.05) is 12.8 Å². The summed E-state index contributed by atoms with van der Waals surface area (Å²) in [7, 11) is 1.65. The fourth-order valence-electron chi connectivity index (χ4n) is 2.18. The highest BCUT2D eigenvalue weighted by Gasteiger charge is 2.12. The van der Waals surface area contributed by atoms with Crippen molar-refractivity contribution in [2.45, 2.75) is 6.92 Å². The number of hydrogen-bond acceptors (Lipinski definition) is 3. The van der Waals surface area contributed by atoms with E-state index < -0.39 is 0 Å². The number of aromatic nitrogens is 2. The number of ether oxygens (including phenoxy) is 1. The SMILES string of the molecule is COc1ccc(-c2nc3c(C)cccn3c2N)cc1.Cl.Cl. The third-order valence-corrected chi connectivity index (χ3v) is 3.25. The van der Waals surface area contributed by atoms with Crippen LogP contribution in [-0.2, 0) is 0 Å². The molecule has 0 fully saturated rings. The second-order valence-electron chi connectivity index (χ2n) is 4.46. The van der Waals surface area contributed by atoms with E-state index in [0.29, 0.717) is 5.82 Å². The minimum atomic E-state index is 0.